The molecule has 0 radical (unpaired) electrons. The van der Waals surface area contributed by atoms with Gasteiger partial charge in [-0.3, -0.25) is 9.36 Å². The van der Waals surface area contributed by atoms with Crippen LogP contribution in [0.3, 0.4) is 0 Å². The molecule has 1 aromatic carbocycles. The number of benzene rings is 1. The minimum absolute atomic E-state index is 0.108. The van der Waals surface area contributed by atoms with Crippen LogP contribution in [0.25, 0.3) is 0 Å². The van der Waals surface area contributed by atoms with Gasteiger partial charge < -0.3 is 10.2 Å². The van der Waals surface area contributed by atoms with E-state index in [1.165, 1.54) is 24.6 Å². The second-order valence-corrected chi connectivity index (χ2v) is 8.33. The third-order valence-corrected chi connectivity index (χ3v) is 5.91. The van der Waals surface area contributed by atoms with Crippen molar-refractivity contribution in [1.29, 1.82) is 5.26 Å². The molecule has 1 saturated carbocycles. The fraction of sp³-hybridized carbons (Fsp3) is 0.474. The highest BCUT2D eigenvalue weighted by molar-refractivity contribution is 8.00. The van der Waals surface area contributed by atoms with E-state index in [1.807, 2.05) is 6.92 Å². The van der Waals surface area contributed by atoms with Gasteiger partial charge in [-0.15, -0.1) is 10.2 Å². The van der Waals surface area contributed by atoms with Gasteiger partial charge in [-0.05, 0) is 50.8 Å². The molecule has 140 valence electrons. The summed E-state index contributed by atoms with van der Waals surface area (Å²) in [5.41, 5.74) is 1.16. The van der Waals surface area contributed by atoms with E-state index in [0.29, 0.717) is 17.3 Å². The molecule has 2 heterocycles. The molecule has 1 amide bonds. The van der Waals surface area contributed by atoms with E-state index in [4.69, 9.17) is 5.26 Å². The topological polar surface area (TPSA) is 86.8 Å². The Morgan fingerprint density at radius 2 is 2.11 bits per heavy atom. The van der Waals surface area contributed by atoms with Crippen molar-refractivity contribution < 1.29 is 4.79 Å². The Bertz CT molecular complexity index is 879. The van der Waals surface area contributed by atoms with Crippen LogP contribution >= 0.6 is 11.8 Å². The summed E-state index contributed by atoms with van der Waals surface area (Å²) in [4.78, 5) is 14.9. The van der Waals surface area contributed by atoms with E-state index in [2.05, 4.69) is 31.1 Å². The lowest BCUT2D eigenvalue weighted by molar-refractivity contribution is -0.115. The molecule has 1 atom stereocenters. The summed E-state index contributed by atoms with van der Waals surface area (Å²) < 4.78 is 2.22. The first-order chi connectivity index (χ1) is 13.2. The van der Waals surface area contributed by atoms with Crippen molar-refractivity contribution in [2.75, 3.05) is 23.3 Å². The third-order valence-electron chi connectivity index (χ3n) is 4.86. The van der Waals surface area contributed by atoms with Gasteiger partial charge in [0.15, 0.2) is 5.16 Å². The Kier molecular flexibility index (Phi) is 5.03. The van der Waals surface area contributed by atoms with Crippen molar-refractivity contribution in [3.05, 3.63) is 29.8 Å². The van der Waals surface area contributed by atoms with Crippen molar-refractivity contribution >= 4 is 29.3 Å². The second kappa shape index (κ2) is 7.61. The monoisotopic (exact) mass is 382 g/mol. The minimum Gasteiger partial charge on any atom is -0.341 e. The van der Waals surface area contributed by atoms with Gasteiger partial charge >= 0.3 is 0 Å². The number of nitrogens with one attached hydrogen (secondary N) is 1. The largest absolute Gasteiger partial charge is 0.341 e. The van der Waals surface area contributed by atoms with Gasteiger partial charge in [0.25, 0.3) is 0 Å². The number of anilines is 2. The van der Waals surface area contributed by atoms with E-state index < -0.39 is 0 Å². The zero-order chi connectivity index (χ0) is 18.8. The van der Waals surface area contributed by atoms with Crippen LogP contribution in [0.1, 0.15) is 44.2 Å². The van der Waals surface area contributed by atoms with Gasteiger partial charge in [0.2, 0.25) is 11.9 Å². The molecule has 1 N–H and O–H groups in total. The Morgan fingerprint density at radius 3 is 2.81 bits per heavy atom. The number of aromatic nitrogens is 3. The molecule has 4 rings (SSSR count). The molecular weight excluding hydrogens is 360 g/mol. The van der Waals surface area contributed by atoms with Gasteiger partial charge in [-0.1, -0.05) is 17.8 Å². The summed E-state index contributed by atoms with van der Waals surface area (Å²) >= 11 is 1.44. The predicted molar refractivity (Wildman–Crippen MR) is 105 cm³/mol. The number of thioether (sulfide) groups is 1. The average Bonchev–Trinajstić information content (AvgIpc) is 3.20. The van der Waals surface area contributed by atoms with Crippen LogP contribution in [0.15, 0.2) is 29.4 Å². The first-order valence-corrected chi connectivity index (χ1v) is 10.2. The minimum atomic E-state index is -0.316. The molecule has 8 heteroatoms. The third kappa shape index (κ3) is 3.93. The maximum atomic E-state index is 12.6. The van der Waals surface area contributed by atoms with Crippen molar-refractivity contribution in [3.63, 3.8) is 0 Å². The smallest absolute Gasteiger partial charge is 0.237 e. The molecule has 27 heavy (non-hydrogen) atoms. The van der Waals surface area contributed by atoms with Crippen LogP contribution < -0.4 is 10.2 Å². The van der Waals surface area contributed by atoms with E-state index in [1.54, 1.807) is 24.3 Å². The van der Waals surface area contributed by atoms with Crippen molar-refractivity contribution in [3.8, 4) is 6.07 Å². The number of rotatable bonds is 6. The van der Waals surface area contributed by atoms with Gasteiger partial charge in [-0.25, -0.2) is 0 Å². The predicted octanol–water partition coefficient (Wildman–Crippen LogP) is 3.20. The zero-order valence-electron chi connectivity index (χ0n) is 15.3. The Labute approximate surface area is 162 Å². The highest BCUT2D eigenvalue weighted by Crippen LogP contribution is 2.42. The highest BCUT2D eigenvalue weighted by atomic mass is 32.2. The summed E-state index contributed by atoms with van der Waals surface area (Å²) in [7, 11) is 0. The maximum absolute atomic E-state index is 12.6. The molecular formula is C19H22N6OS. The average molecular weight is 382 g/mol. The van der Waals surface area contributed by atoms with Crippen LogP contribution in [-0.2, 0) is 4.79 Å². The molecule has 1 aliphatic carbocycles. The maximum Gasteiger partial charge on any atom is 0.237 e. The lowest BCUT2D eigenvalue weighted by Crippen LogP contribution is -2.24. The summed E-state index contributed by atoms with van der Waals surface area (Å²) in [6.07, 6.45) is 4.68. The van der Waals surface area contributed by atoms with Crippen LogP contribution in [0.5, 0.6) is 0 Å². The molecule has 1 saturated heterocycles. The standard InChI is InChI=1S/C19H22N6OS/c1-13(17(26)21-15-6-4-5-14(11-15)12-20)27-19-23-22-18(24-9-2-3-10-24)25(19)16-7-8-16/h4-6,11,13,16H,2-3,7-10H2,1H3,(H,21,26). The lowest BCUT2D eigenvalue weighted by Gasteiger charge is -2.18. The number of nitriles is 1. The number of hydrogen-bond donors (Lipinski definition) is 1. The summed E-state index contributed by atoms with van der Waals surface area (Å²) in [6, 6.07) is 9.48. The molecule has 2 fully saturated rings. The molecule has 1 aromatic heterocycles. The highest BCUT2D eigenvalue weighted by Gasteiger charge is 2.33. The second-order valence-electron chi connectivity index (χ2n) is 7.02. The van der Waals surface area contributed by atoms with E-state index in [0.717, 1.165) is 37.0 Å². The SMILES string of the molecule is CC(Sc1nnc(N2CCCC2)n1C1CC1)C(=O)Nc1cccc(C#N)c1. The van der Waals surface area contributed by atoms with Gasteiger partial charge in [0.1, 0.15) is 0 Å². The van der Waals surface area contributed by atoms with E-state index in [9.17, 15) is 4.79 Å². The van der Waals surface area contributed by atoms with Crippen LogP contribution in [0, 0.1) is 11.3 Å². The number of carbonyl (C=O) groups is 1. The quantitative estimate of drug-likeness (QED) is 0.772. The zero-order valence-corrected chi connectivity index (χ0v) is 16.1. The Morgan fingerprint density at radius 1 is 1.33 bits per heavy atom. The number of hydrogen-bond acceptors (Lipinski definition) is 6. The fourth-order valence-electron chi connectivity index (χ4n) is 3.26. The summed E-state index contributed by atoms with van der Waals surface area (Å²) in [5, 5.41) is 21.2. The molecule has 7 nitrogen and oxygen atoms in total. The first-order valence-electron chi connectivity index (χ1n) is 9.33. The van der Waals surface area contributed by atoms with Crippen molar-refractivity contribution in [2.24, 2.45) is 0 Å². The molecule has 0 spiro atoms. The van der Waals surface area contributed by atoms with Gasteiger partial charge in [-0.2, -0.15) is 5.26 Å². The summed E-state index contributed by atoms with van der Waals surface area (Å²) in [6.45, 7) is 3.93. The normalized spacial score (nSPS) is 17.6. The van der Waals surface area contributed by atoms with E-state index >= 15 is 0 Å². The number of nitrogens with zero attached hydrogens (tertiary/aromatic N) is 5. The Hall–Kier alpha value is -2.53. The molecule has 2 aliphatic rings. The molecule has 1 unspecified atom stereocenters. The first kappa shape index (κ1) is 17.9. The molecule has 1 aliphatic heterocycles. The Balaban J connectivity index is 1.46. The van der Waals surface area contributed by atoms with Crippen LogP contribution in [0.4, 0.5) is 11.6 Å². The van der Waals surface area contributed by atoms with Crippen molar-refractivity contribution in [1.82, 2.24) is 14.8 Å². The molecule has 0 bridgehead atoms. The van der Waals surface area contributed by atoms with Gasteiger partial charge in [0.05, 0.1) is 16.9 Å². The van der Waals surface area contributed by atoms with Crippen molar-refractivity contribution in [2.45, 2.75) is 49.1 Å². The number of carbonyl (C=O) groups excluding carboxylic acids is 1. The summed E-state index contributed by atoms with van der Waals surface area (Å²) in [5.74, 6) is 0.843. The lowest BCUT2D eigenvalue weighted by atomic mass is 10.2. The van der Waals surface area contributed by atoms with Crippen LogP contribution in [-0.4, -0.2) is 39.0 Å². The van der Waals surface area contributed by atoms with E-state index in [-0.39, 0.29) is 11.2 Å². The van der Waals surface area contributed by atoms with Gasteiger partial charge in [0, 0.05) is 24.8 Å². The fourth-order valence-corrected chi connectivity index (χ4v) is 4.17. The number of amides is 1. The molecule has 2 aromatic rings. The van der Waals surface area contributed by atoms with Crippen LogP contribution in [0.2, 0.25) is 0 Å².